The lowest BCUT2D eigenvalue weighted by Crippen LogP contribution is -1.71. The van der Waals surface area contributed by atoms with Gasteiger partial charge >= 0.3 is 0 Å². The molecule has 0 aliphatic heterocycles. The Balaban J connectivity index is 2.65. The molecule has 1 rings (SSSR count). The van der Waals surface area contributed by atoms with Crippen molar-refractivity contribution >= 4 is 22.9 Å². The molecular formula is C9H9ClS. The van der Waals surface area contributed by atoms with Crippen molar-refractivity contribution in [1.82, 2.24) is 0 Å². The molecule has 0 fully saturated rings. The highest BCUT2D eigenvalue weighted by Crippen LogP contribution is 2.13. The predicted octanol–water partition coefficient (Wildman–Crippen LogP) is 3.04. The van der Waals surface area contributed by atoms with Gasteiger partial charge in [-0.15, -0.1) is 22.9 Å². The summed E-state index contributed by atoms with van der Waals surface area (Å²) in [7, 11) is 0. The van der Waals surface area contributed by atoms with Crippen LogP contribution in [0.2, 0.25) is 0 Å². The molecule has 0 spiro atoms. The molecule has 0 nitrogen and oxygen atoms in total. The third kappa shape index (κ3) is 2.57. The van der Waals surface area contributed by atoms with E-state index in [1.807, 2.05) is 6.07 Å². The third-order valence-electron chi connectivity index (χ3n) is 1.30. The average molecular weight is 185 g/mol. The normalized spacial score (nSPS) is 8.91. The minimum atomic E-state index is 0.621. The van der Waals surface area contributed by atoms with E-state index in [0.29, 0.717) is 5.88 Å². The smallest absolute Gasteiger partial charge is 0.0381 e. The van der Waals surface area contributed by atoms with Crippen molar-refractivity contribution < 1.29 is 0 Å². The molecule has 0 saturated heterocycles. The topological polar surface area (TPSA) is 0 Å². The minimum Gasteiger partial charge on any atom is -0.148 e. The first-order valence-electron chi connectivity index (χ1n) is 3.43. The molecule has 1 aromatic rings. The van der Waals surface area contributed by atoms with Crippen molar-refractivity contribution in [2.75, 3.05) is 5.88 Å². The van der Waals surface area contributed by atoms with Crippen LogP contribution in [0.5, 0.6) is 0 Å². The molecule has 0 saturated carbocycles. The SMILES string of the molecule is Cc1sccc1C#CCCCl. The van der Waals surface area contributed by atoms with Crippen LogP contribution in [0.15, 0.2) is 11.4 Å². The summed E-state index contributed by atoms with van der Waals surface area (Å²) in [5.74, 6) is 6.69. The summed E-state index contributed by atoms with van der Waals surface area (Å²) in [5.41, 5.74) is 1.14. The van der Waals surface area contributed by atoms with Gasteiger partial charge in [0.2, 0.25) is 0 Å². The van der Waals surface area contributed by atoms with E-state index in [-0.39, 0.29) is 0 Å². The molecule has 0 N–H and O–H groups in total. The minimum absolute atomic E-state index is 0.621. The van der Waals surface area contributed by atoms with Gasteiger partial charge in [-0.2, -0.15) is 0 Å². The van der Waals surface area contributed by atoms with Crippen LogP contribution in [0.4, 0.5) is 0 Å². The van der Waals surface area contributed by atoms with Gasteiger partial charge in [-0.1, -0.05) is 11.8 Å². The van der Waals surface area contributed by atoms with Gasteiger partial charge in [-0.3, -0.25) is 0 Å². The Kier molecular flexibility index (Phi) is 3.48. The van der Waals surface area contributed by atoms with Gasteiger partial charge in [0.1, 0.15) is 0 Å². The molecule has 58 valence electrons. The fourth-order valence-electron chi connectivity index (χ4n) is 0.720. The Labute approximate surface area is 76.2 Å². The van der Waals surface area contributed by atoms with Crippen LogP contribution in [0, 0.1) is 18.8 Å². The number of thiophene rings is 1. The molecule has 0 amide bonds. The van der Waals surface area contributed by atoms with Gasteiger partial charge in [-0.25, -0.2) is 0 Å². The van der Waals surface area contributed by atoms with Crippen LogP contribution in [-0.4, -0.2) is 5.88 Å². The first-order valence-corrected chi connectivity index (χ1v) is 4.85. The molecule has 2 heteroatoms. The van der Waals surface area contributed by atoms with Crippen LogP contribution in [-0.2, 0) is 0 Å². The van der Waals surface area contributed by atoms with Crippen LogP contribution < -0.4 is 0 Å². The molecule has 0 aliphatic carbocycles. The second kappa shape index (κ2) is 4.43. The van der Waals surface area contributed by atoms with Crippen molar-refractivity contribution in [1.29, 1.82) is 0 Å². The molecule has 1 heterocycles. The Morgan fingerprint density at radius 3 is 3.00 bits per heavy atom. The standard InChI is InChI=1S/C9H9ClS/c1-8-9(5-7-11-8)4-2-3-6-10/h5,7H,3,6H2,1H3. The van der Waals surface area contributed by atoms with E-state index in [1.54, 1.807) is 11.3 Å². The highest BCUT2D eigenvalue weighted by Gasteiger charge is 1.92. The van der Waals surface area contributed by atoms with Crippen molar-refractivity contribution in [3.8, 4) is 11.8 Å². The van der Waals surface area contributed by atoms with Gasteiger partial charge in [-0.05, 0) is 18.4 Å². The molecular weight excluding hydrogens is 176 g/mol. The first kappa shape index (κ1) is 8.64. The summed E-state index contributed by atoms with van der Waals surface area (Å²) < 4.78 is 0. The molecule has 0 atom stereocenters. The number of rotatable bonds is 1. The number of hydrogen-bond donors (Lipinski definition) is 0. The first-order chi connectivity index (χ1) is 5.34. The summed E-state index contributed by atoms with van der Waals surface area (Å²) in [6, 6.07) is 2.04. The monoisotopic (exact) mass is 184 g/mol. The maximum atomic E-state index is 5.48. The molecule has 0 aliphatic rings. The Hall–Kier alpha value is -0.450. The van der Waals surface area contributed by atoms with Gasteiger partial charge in [0, 0.05) is 22.7 Å². The van der Waals surface area contributed by atoms with Crippen molar-refractivity contribution in [3.05, 3.63) is 21.9 Å². The van der Waals surface area contributed by atoms with Gasteiger partial charge < -0.3 is 0 Å². The molecule has 0 aromatic carbocycles. The molecule has 0 unspecified atom stereocenters. The summed E-state index contributed by atoms with van der Waals surface area (Å²) in [6.45, 7) is 2.08. The summed E-state index contributed by atoms with van der Waals surface area (Å²) >= 11 is 7.21. The second-order valence-electron chi connectivity index (χ2n) is 2.13. The summed E-state index contributed by atoms with van der Waals surface area (Å²) in [5, 5.41) is 2.06. The van der Waals surface area contributed by atoms with E-state index in [1.165, 1.54) is 4.88 Å². The fourth-order valence-corrected chi connectivity index (χ4v) is 1.47. The number of hydrogen-bond acceptors (Lipinski definition) is 1. The van der Waals surface area contributed by atoms with Gasteiger partial charge in [0.05, 0.1) is 0 Å². The second-order valence-corrected chi connectivity index (χ2v) is 3.63. The van der Waals surface area contributed by atoms with E-state index >= 15 is 0 Å². The predicted molar refractivity (Wildman–Crippen MR) is 51.3 cm³/mol. The summed E-state index contributed by atoms with van der Waals surface area (Å²) in [6.07, 6.45) is 0.775. The Morgan fingerprint density at radius 2 is 2.45 bits per heavy atom. The zero-order valence-electron chi connectivity index (χ0n) is 6.36. The molecule has 1 aromatic heterocycles. The number of halogens is 1. The Morgan fingerprint density at radius 1 is 1.64 bits per heavy atom. The highest BCUT2D eigenvalue weighted by molar-refractivity contribution is 7.10. The lowest BCUT2D eigenvalue weighted by Gasteiger charge is -1.83. The van der Waals surface area contributed by atoms with Crippen LogP contribution >= 0.6 is 22.9 Å². The quantitative estimate of drug-likeness (QED) is 0.465. The third-order valence-corrected chi connectivity index (χ3v) is 2.34. The molecule has 0 radical (unpaired) electrons. The zero-order valence-corrected chi connectivity index (χ0v) is 7.93. The van der Waals surface area contributed by atoms with E-state index in [9.17, 15) is 0 Å². The highest BCUT2D eigenvalue weighted by atomic mass is 35.5. The number of alkyl halides is 1. The average Bonchev–Trinajstić information content (AvgIpc) is 2.37. The summed E-state index contributed by atoms with van der Waals surface area (Å²) in [4.78, 5) is 1.28. The largest absolute Gasteiger partial charge is 0.148 e. The van der Waals surface area contributed by atoms with Gasteiger partial charge in [0.25, 0.3) is 0 Å². The van der Waals surface area contributed by atoms with Crippen LogP contribution in [0.3, 0.4) is 0 Å². The maximum Gasteiger partial charge on any atom is 0.0381 e. The van der Waals surface area contributed by atoms with Crippen molar-refractivity contribution in [2.24, 2.45) is 0 Å². The van der Waals surface area contributed by atoms with E-state index < -0.39 is 0 Å². The van der Waals surface area contributed by atoms with Crippen LogP contribution in [0.1, 0.15) is 16.9 Å². The van der Waals surface area contributed by atoms with Crippen LogP contribution in [0.25, 0.3) is 0 Å². The van der Waals surface area contributed by atoms with E-state index in [2.05, 4.69) is 24.1 Å². The van der Waals surface area contributed by atoms with E-state index in [0.717, 1.165) is 12.0 Å². The lowest BCUT2D eigenvalue weighted by atomic mass is 10.3. The molecule has 11 heavy (non-hydrogen) atoms. The molecule has 0 bridgehead atoms. The van der Waals surface area contributed by atoms with Crippen molar-refractivity contribution in [2.45, 2.75) is 13.3 Å². The fraction of sp³-hybridized carbons (Fsp3) is 0.333. The maximum absolute atomic E-state index is 5.48. The van der Waals surface area contributed by atoms with Crippen molar-refractivity contribution in [3.63, 3.8) is 0 Å². The van der Waals surface area contributed by atoms with Gasteiger partial charge in [0.15, 0.2) is 0 Å². The van der Waals surface area contributed by atoms with E-state index in [4.69, 9.17) is 11.6 Å². The Bertz CT molecular complexity index is 277. The number of aryl methyl sites for hydroxylation is 1. The zero-order chi connectivity index (χ0) is 8.10. The lowest BCUT2D eigenvalue weighted by molar-refractivity contribution is 1.29.